The Labute approximate surface area is 227 Å². The van der Waals surface area contributed by atoms with Crippen LogP contribution in [0.1, 0.15) is 18.1 Å². The van der Waals surface area contributed by atoms with Crippen LogP contribution in [0.15, 0.2) is 75.1 Å². The SMILES string of the molecule is CCOc1cc(/C=N\NC(=O)CSc2ccc(Cl)cc2)cc(Br)c1OCC(=O)Nc1ccc(C)cc1. The molecule has 7 nitrogen and oxygen atoms in total. The smallest absolute Gasteiger partial charge is 0.262 e. The summed E-state index contributed by atoms with van der Waals surface area (Å²) in [5.74, 6) is 0.523. The fourth-order valence-corrected chi connectivity index (χ4v) is 4.32. The maximum absolute atomic E-state index is 12.3. The van der Waals surface area contributed by atoms with Gasteiger partial charge in [-0.1, -0.05) is 29.3 Å². The number of anilines is 1. The third-order valence-electron chi connectivity index (χ3n) is 4.60. The second-order valence-corrected chi connectivity index (χ2v) is 9.84. The summed E-state index contributed by atoms with van der Waals surface area (Å²) >= 11 is 10.7. The molecule has 0 aromatic heterocycles. The molecule has 2 N–H and O–H groups in total. The number of ether oxygens (including phenoxy) is 2. The molecule has 188 valence electrons. The Bertz CT molecular complexity index is 1220. The maximum Gasteiger partial charge on any atom is 0.262 e. The van der Waals surface area contributed by atoms with E-state index >= 15 is 0 Å². The lowest BCUT2D eigenvalue weighted by atomic mass is 10.2. The number of benzene rings is 3. The van der Waals surface area contributed by atoms with Crippen molar-refractivity contribution in [1.29, 1.82) is 0 Å². The molecule has 0 saturated heterocycles. The van der Waals surface area contributed by atoms with Crippen molar-refractivity contribution < 1.29 is 19.1 Å². The van der Waals surface area contributed by atoms with Gasteiger partial charge in [-0.3, -0.25) is 9.59 Å². The van der Waals surface area contributed by atoms with Gasteiger partial charge in [0.05, 0.1) is 23.0 Å². The van der Waals surface area contributed by atoms with Gasteiger partial charge in [0, 0.05) is 15.6 Å². The summed E-state index contributed by atoms with van der Waals surface area (Å²) in [4.78, 5) is 25.4. The number of thioether (sulfide) groups is 1. The number of carbonyl (C=O) groups is 2. The summed E-state index contributed by atoms with van der Waals surface area (Å²) < 4.78 is 12.0. The number of carbonyl (C=O) groups excluding carboxylic acids is 2. The molecular formula is C26H25BrClN3O4S. The second kappa shape index (κ2) is 13.9. The van der Waals surface area contributed by atoms with E-state index in [0.717, 1.165) is 10.5 Å². The number of amides is 2. The van der Waals surface area contributed by atoms with E-state index in [0.29, 0.717) is 38.9 Å². The van der Waals surface area contributed by atoms with Crippen molar-refractivity contribution in [2.45, 2.75) is 18.7 Å². The first-order valence-corrected chi connectivity index (χ1v) is 13.2. The summed E-state index contributed by atoms with van der Waals surface area (Å²) in [5.41, 5.74) is 4.98. The van der Waals surface area contributed by atoms with Gasteiger partial charge < -0.3 is 14.8 Å². The number of hydrogen-bond donors (Lipinski definition) is 2. The van der Waals surface area contributed by atoms with E-state index in [-0.39, 0.29) is 24.2 Å². The van der Waals surface area contributed by atoms with Gasteiger partial charge in [-0.2, -0.15) is 5.10 Å². The average molecular weight is 591 g/mol. The Hall–Kier alpha value is -3.01. The Kier molecular flexibility index (Phi) is 10.7. The van der Waals surface area contributed by atoms with Gasteiger partial charge in [0.15, 0.2) is 18.1 Å². The normalized spacial score (nSPS) is 10.8. The number of nitrogens with one attached hydrogen (secondary N) is 2. The third kappa shape index (κ3) is 8.89. The highest BCUT2D eigenvalue weighted by molar-refractivity contribution is 9.10. The van der Waals surface area contributed by atoms with Crippen LogP contribution in [-0.4, -0.2) is 37.0 Å². The molecule has 10 heteroatoms. The predicted molar refractivity (Wildman–Crippen MR) is 149 cm³/mol. The lowest BCUT2D eigenvalue weighted by Crippen LogP contribution is -2.20. The zero-order valence-corrected chi connectivity index (χ0v) is 22.9. The van der Waals surface area contributed by atoms with Crippen molar-refractivity contribution in [2.75, 3.05) is 24.3 Å². The largest absolute Gasteiger partial charge is 0.490 e. The van der Waals surface area contributed by atoms with E-state index in [2.05, 4.69) is 31.8 Å². The van der Waals surface area contributed by atoms with E-state index in [4.69, 9.17) is 21.1 Å². The van der Waals surface area contributed by atoms with Gasteiger partial charge in [-0.25, -0.2) is 5.43 Å². The topological polar surface area (TPSA) is 89.0 Å². The first-order valence-electron chi connectivity index (χ1n) is 11.0. The lowest BCUT2D eigenvalue weighted by molar-refractivity contribution is -0.119. The number of aryl methyl sites for hydroxylation is 1. The van der Waals surface area contributed by atoms with E-state index in [1.807, 2.05) is 50.2 Å². The minimum Gasteiger partial charge on any atom is -0.490 e. The minimum atomic E-state index is -0.293. The fraction of sp³-hybridized carbons (Fsp3) is 0.192. The summed E-state index contributed by atoms with van der Waals surface area (Å²) in [7, 11) is 0. The molecule has 0 fully saturated rings. The Morgan fingerprint density at radius 3 is 2.47 bits per heavy atom. The van der Waals surface area contributed by atoms with Gasteiger partial charge in [0.2, 0.25) is 5.91 Å². The molecule has 3 aromatic rings. The Morgan fingerprint density at radius 1 is 1.06 bits per heavy atom. The van der Waals surface area contributed by atoms with Gasteiger partial charge >= 0.3 is 0 Å². The molecule has 0 saturated carbocycles. The molecule has 0 aliphatic carbocycles. The highest BCUT2D eigenvalue weighted by atomic mass is 79.9. The zero-order valence-electron chi connectivity index (χ0n) is 19.7. The highest BCUT2D eigenvalue weighted by Crippen LogP contribution is 2.36. The number of rotatable bonds is 11. The maximum atomic E-state index is 12.3. The van der Waals surface area contributed by atoms with Crippen LogP contribution in [0.5, 0.6) is 11.5 Å². The molecule has 0 aliphatic rings. The van der Waals surface area contributed by atoms with Crippen molar-refractivity contribution in [3.8, 4) is 11.5 Å². The molecule has 2 amide bonds. The van der Waals surface area contributed by atoms with Gasteiger partial charge in [0.1, 0.15) is 0 Å². The van der Waals surface area contributed by atoms with Crippen molar-refractivity contribution in [2.24, 2.45) is 5.10 Å². The van der Waals surface area contributed by atoms with E-state index in [9.17, 15) is 9.59 Å². The summed E-state index contributed by atoms with van der Waals surface area (Å²) in [6.07, 6.45) is 1.51. The number of nitrogens with zero attached hydrogens (tertiary/aromatic N) is 1. The number of hydrazone groups is 1. The van der Waals surface area contributed by atoms with Crippen LogP contribution in [-0.2, 0) is 9.59 Å². The van der Waals surface area contributed by atoms with Gasteiger partial charge in [-0.15, -0.1) is 11.8 Å². The van der Waals surface area contributed by atoms with Crippen LogP contribution in [0.2, 0.25) is 5.02 Å². The molecule has 0 unspecified atom stereocenters. The average Bonchev–Trinajstić information content (AvgIpc) is 2.85. The predicted octanol–water partition coefficient (Wildman–Crippen LogP) is 6.07. The van der Waals surface area contributed by atoms with Crippen LogP contribution < -0.4 is 20.2 Å². The molecule has 0 atom stereocenters. The van der Waals surface area contributed by atoms with E-state index in [1.165, 1.54) is 18.0 Å². The fourth-order valence-electron chi connectivity index (χ4n) is 2.93. The lowest BCUT2D eigenvalue weighted by Gasteiger charge is -2.14. The van der Waals surface area contributed by atoms with Gasteiger partial charge in [-0.05, 0) is 83.9 Å². The zero-order chi connectivity index (χ0) is 25.9. The van der Waals surface area contributed by atoms with Gasteiger partial charge in [0.25, 0.3) is 5.91 Å². The van der Waals surface area contributed by atoms with Crippen LogP contribution in [0, 0.1) is 6.92 Å². The second-order valence-electron chi connectivity index (χ2n) is 7.50. The number of hydrogen-bond acceptors (Lipinski definition) is 6. The van der Waals surface area contributed by atoms with Crippen LogP contribution in [0.25, 0.3) is 0 Å². The van der Waals surface area contributed by atoms with Crippen molar-refractivity contribution in [1.82, 2.24) is 5.43 Å². The van der Waals surface area contributed by atoms with Crippen molar-refractivity contribution in [3.63, 3.8) is 0 Å². The minimum absolute atomic E-state index is 0.193. The molecule has 3 rings (SSSR count). The monoisotopic (exact) mass is 589 g/mol. The molecule has 3 aromatic carbocycles. The molecule has 36 heavy (non-hydrogen) atoms. The molecule has 0 heterocycles. The van der Waals surface area contributed by atoms with E-state index in [1.54, 1.807) is 24.3 Å². The quantitative estimate of drug-likeness (QED) is 0.161. The Balaban J connectivity index is 1.56. The first kappa shape index (κ1) is 27.6. The van der Waals surface area contributed by atoms with E-state index < -0.39 is 0 Å². The third-order valence-corrected chi connectivity index (χ3v) is 6.45. The molecule has 0 bridgehead atoms. The Morgan fingerprint density at radius 2 is 1.78 bits per heavy atom. The number of halogens is 2. The summed E-state index contributed by atoms with van der Waals surface area (Å²) in [6.45, 7) is 4.03. The molecule has 0 radical (unpaired) electrons. The molecule has 0 spiro atoms. The first-order chi connectivity index (χ1) is 17.3. The molecular weight excluding hydrogens is 566 g/mol. The van der Waals surface area contributed by atoms with Crippen LogP contribution >= 0.6 is 39.3 Å². The summed E-state index contributed by atoms with van der Waals surface area (Å²) in [6, 6.07) is 18.2. The highest BCUT2D eigenvalue weighted by Gasteiger charge is 2.14. The van der Waals surface area contributed by atoms with Crippen molar-refractivity contribution >= 4 is 63.0 Å². The van der Waals surface area contributed by atoms with Crippen LogP contribution in [0.4, 0.5) is 5.69 Å². The standard InChI is InChI=1S/C26H25BrClN3O4S/c1-3-34-23-13-18(14-29-31-25(33)16-36-21-10-6-19(28)7-11-21)12-22(27)26(23)35-15-24(32)30-20-8-4-17(2)5-9-20/h4-14H,3,15-16H2,1-2H3,(H,30,32)(H,31,33)/b29-14-. The van der Waals surface area contributed by atoms with Crippen LogP contribution in [0.3, 0.4) is 0 Å². The van der Waals surface area contributed by atoms with Crippen molar-refractivity contribution in [3.05, 3.63) is 81.3 Å². The summed E-state index contributed by atoms with van der Waals surface area (Å²) in [5, 5.41) is 7.47. The molecule has 0 aliphatic heterocycles.